The van der Waals surface area contributed by atoms with Crippen LogP contribution in [0.1, 0.15) is 420 Å². The molecule has 19 heteroatoms. The number of carbonyl (C=O) groups is 4. The van der Waals surface area contributed by atoms with Crippen molar-refractivity contribution in [2.24, 2.45) is 11.8 Å². The molecule has 0 aliphatic heterocycles. The maximum Gasteiger partial charge on any atom is 0.472 e. The standard InChI is InChI=1S/C84H160O17P2/c1-7-9-11-13-15-17-19-21-23-24-25-30-33-37-41-48-54-60-66-81(86)94-72-79(100-83(88)69-63-57-51-43-39-35-31-27-26-29-32-36-40-46-52-58-64-76(3)4)74-98-102(90,91)96-70-78(85)71-97-103(92,93)99-75-80(73-95-82(87)67-61-55-49-45-44-47-53-59-65-77(5)6)101-84(89)68-62-56-50-42-38-34-28-22-20-18-16-14-12-10-8-2/h18,20,22,28,76-80,85H,7-17,19,21,23-27,29-75H2,1-6H3,(H,90,91)(H,92,93)/b20-18-,28-22-/t78-,79-,80-/m1/s1. The maximum atomic E-state index is 13.1. The van der Waals surface area contributed by atoms with E-state index in [4.69, 9.17) is 37.0 Å². The molecule has 0 fully saturated rings. The summed E-state index contributed by atoms with van der Waals surface area (Å²) < 4.78 is 68.8. The summed E-state index contributed by atoms with van der Waals surface area (Å²) in [5.74, 6) is -0.605. The molecule has 17 nitrogen and oxygen atoms in total. The van der Waals surface area contributed by atoms with Gasteiger partial charge in [-0.05, 0) is 63.2 Å². The van der Waals surface area contributed by atoms with E-state index < -0.39 is 97.5 Å². The van der Waals surface area contributed by atoms with Crippen molar-refractivity contribution >= 4 is 39.5 Å². The van der Waals surface area contributed by atoms with Crippen LogP contribution in [-0.4, -0.2) is 96.7 Å². The fourth-order valence-corrected chi connectivity index (χ4v) is 14.1. The van der Waals surface area contributed by atoms with Crippen LogP contribution in [0.4, 0.5) is 0 Å². The lowest BCUT2D eigenvalue weighted by molar-refractivity contribution is -0.161. The van der Waals surface area contributed by atoms with Crippen LogP contribution >= 0.6 is 15.6 Å². The topological polar surface area (TPSA) is 237 Å². The number of allylic oxidation sites excluding steroid dienone is 4. The number of esters is 4. The number of ether oxygens (including phenoxy) is 4. The van der Waals surface area contributed by atoms with Crippen molar-refractivity contribution in [1.29, 1.82) is 0 Å². The Morgan fingerprint density at radius 2 is 0.524 bits per heavy atom. The Morgan fingerprint density at radius 3 is 0.796 bits per heavy atom. The van der Waals surface area contributed by atoms with Crippen LogP contribution < -0.4 is 0 Å². The molecule has 0 aromatic carbocycles. The van der Waals surface area contributed by atoms with E-state index in [1.807, 2.05) is 0 Å². The van der Waals surface area contributed by atoms with E-state index >= 15 is 0 Å². The summed E-state index contributed by atoms with van der Waals surface area (Å²) in [6, 6.07) is 0. The smallest absolute Gasteiger partial charge is 0.462 e. The second kappa shape index (κ2) is 75.0. The number of hydrogen-bond donors (Lipinski definition) is 3. The SMILES string of the molecule is CCCCCC/C=C\C=C/CCCCCCCC(=O)O[C@H](COC(=O)CCCCCCCCCCC(C)C)COP(=O)(O)OC[C@H](O)COP(=O)(O)OC[C@@H](COC(=O)CCCCCCCCCCCCCCCCCCCC)OC(=O)CCCCCCCCCCCCCCCCCCC(C)C. The predicted octanol–water partition coefficient (Wildman–Crippen LogP) is 25.0. The van der Waals surface area contributed by atoms with Crippen molar-refractivity contribution in [3.05, 3.63) is 24.3 Å². The second-order valence-electron chi connectivity index (χ2n) is 30.5. The van der Waals surface area contributed by atoms with E-state index in [9.17, 15) is 43.2 Å². The highest BCUT2D eigenvalue weighted by atomic mass is 31.2. The van der Waals surface area contributed by atoms with Gasteiger partial charge in [-0.15, -0.1) is 0 Å². The Balaban J connectivity index is 5.28. The third-order valence-electron chi connectivity index (χ3n) is 19.1. The van der Waals surface area contributed by atoms with Gasteiger partial charge in [0, 0.05) is 25.7 Å². The van der Waals surface area contributed by atoms with Crippen molar-refractivity contribution in [3.8, 4) is 0 Å². The molecule has 3 N–H and O–H groups in total. The van der Waals surface area contributed by atoms with Gasteiger partial charge in [0.2, 0.25) is 0 Å². The molecule has 103 heavy (non-hydrogen) atoms. The molecule has 0 saturated carbocycles. The quantitative estimate of drug-likeness (QED) is 0.0169. The fourth-order valence-electron chi connectivity index (χ4n) is 12.5. The number of unbranched alkanes of at least 4 members (excludes halogenated alkanes) is 48. The number of phosphoric acid groups is 2. The van der Waals surface area contributed by atoms with Gasteiger partial charge in [0.1, 0.15) is 19.3 Å². The van der Waals surface area contributed by atoms with E-state index in [-0.39, 0.29) is 25.7 Å². The Kier molecular flexibility index (Phi) is 73.2. The predicted molar refractivity (Wildman–Crippen MR) is 423 cm³/mol. The molecule has 0 aromatic rings. The molecule has 2 unspecified atom stereocenters. The summed E-state index contributed by atoms with van der Waals surface area (Å²) in [4.78, 5) is 73.1. The van der Waals surface area contributed by atoms with E-state index in [0.29, 0.717) is 25.7 Å². The zero-order valence-corrected chi connectivity index (χ0v) is 68.9. The summed E-state index contributed by atoms with van der Waals surface area (Å²) in [6.45, 7) is 9.58. The van der Waals surface area contributed by atoms with Gasteiger partial charge in [-0.25, -0.2) is 9.13 Å². The highest BCUT2D eigenvalue weighted by Crippen LogP contribution is 2.45. The zero-order chi connectivity index (χ0) is 75.6. The molecule has 0 spiro atoms. The first-order valence-electron chi connectivity index (χ1n) is 42.8. The molecule has 0 rings (SSSR count). The van der Waals surface area contributed by atoms with E-state index in [0.717, 1.165) is 121 Å². The first-order chi connectivity index (χ1) is 49.9. The van der Waals surface area contributed by atoms with Crippen LogP contribution in [0, 0.1) is 11.8 Å². The van der Waals surface area contributed by atoms with Gasteiger partial charge in [-0.3, -0.25) is 37.3 Å². The van der Waals surface area contributed by atoms with E-state index in [2.05, 4.69) is 65.8 Å². The first-order valence-corrected chi connectivity index (χ1v) is 45.8. The molecular weight excluding hydrogens is 1340 g/mol. The second-order valence-corrected chi connectivity index (χ2v) is 33.4. The third kappa shape index (κ3) is 77.5. The van der Waals surface area contributed by atoms with Crippen LogP contribution in [0.25, 0.3) is 0 Å². The van der Waals surface area contributed by atoms with Gasteiger partial charge in [-0.1, -0.05) is 368 Å². The van der Waals surface area contributed by atoms with E-state index in [1.165, 1.54) is 218 Å². The number of hydrogen-bond acceptors (Lipinski definition) is 15. The van der Waals surface area contributed by atoms with Crippen molar-refractivity contribution < 1.29 is 80.2 Å². The highest BCUT2D eigenvalue weighted by molar-refractivity contribution is 7.47. The maximum absolute atomic E-state index is 13.1. The molecule has 0 amide bonds. The molecule has 0 bridgehead atoms. The van der Waals surface area contributed by atoms with Crippen LogP contribution in [0.5, 0.6) is 0 Å². The lowest BCUT2D eigenvalue weighted by Gasteiger charge is -2.21. The summed E-state index contributed by atoms with van der Waals surface area (Å²) in [5.41, 5.74) is 0. The minimum Gasteiger partial charge on any atom is -0.462 e. The first kappa shape index (κ1) is 101. The summed E-state index contributed by atoms with van der Waals surface area (Å²) in [5, 5.41) is 10.7. The summed E-state index contributed by atoms with van der Waals surface area (Å²) >= 11 is 0. The van der Waals surface area contributed by atoms with Gasteiger partial charge in [0.05, 0.1) is 26.4 Å². The summed E-state index contributed by atoms with van der Waals surface area (Å²) in [6.07, 6.45) is 68.9. The third-order valence-corrected chi connectivity index (χ3v) is 21.0. The van der Waals surface area contributed by atoms with Crippen LogP contribution in [0.15, 0.2) is 24.3 Å². The van der Waals surface area contributed by atoms with E-state index in [1.54, 1.807) is 0 Å². The minimum atomic E-state index is -4.97. The average Bonchev–Trinajstić information content (AvgIpc) is 0.911. The van der Waals surface area contributed by atoms with Gasteiger partial charge < -0.3 is 33.8 Å². The lowest BCUT2D eigenvalue weighted by Crippen LogP contribution is -2.30. The van der Waals surface area contributed by atoms with Crippen molar-refractivity contribution in [2.45, 2.75) is 439 Å². The van der Waals surface area contributed by atoms with Crippen LogP contribution in [0.2, 0.25) is 0 Å². The van der Waals surface area contributed by atoms with Crippen LogP contribution in [0.3, 0.4) is 0 Å². The Hall–Kier alpha value is -2.46. The number of aliphatic hydroxyl groups excluding tert-OH is 1. The highest BCUT2D eigenvalue weighted by Gasteiger charge is 2.30. The number of aliphatic hydroxyl groups is 1. The van der Waals surface area contributed by atoms with Crippen molar-refractivity contribution in [3.63, 3.8) is 0 Å². The molecule has 0 heterocycles. The molecule has 0 aliphatic rings. The van der Waals surface area contributed by atoms with Crippen molar-refractivity contribution in [1.82, 2.24) is 0 Å². The van der Waals surface area contributed by atoms with Crippen molar-refractivity contribution in [2.75, 3.05) is 39.6 Å². The minimum absolute atomic E-state index is 0.0847. The monoisotopic (exact) mass is 1500 g/mol. The van der Waals surface area contributed by atoms with Crippen LogP contribution in [-0.2, 0) is 65.4 Å². The zero-order valence-electron chi connectivity index (χ0n) is 67.1. The Morgan fingerprint density at radius 1 is 0.301 bits per heavy atom. The van der Waals surface area contributed by atoms with Gasteiger partial charge in [-0.2, -0.15) is 0 Å². The number of carbonyl (C=O) groups excluding carboxylic acids is 4. The molecule has 5 atom stereocenters. The Bertz CT molecular complexity index is 2070. The summed E-state index contributed by atoms with van der Waals surface area (Å²) in [7, 11) is -9.94. The lowest BCUT2D eigenvalue weighted by atomic mass is 10.0. The molecule has 0 radical (unpaired) electrons. The molecule has 608 valence electrons. The Labute approximate surface area is 631 Å². The molecule has 0 aromatic heterocycles. The average molecular weight is 1500 g/mol. The fraction of sp³-hybridized carbons (Fsp3) is 0.905. The molecule has 0 aliphatic carbocycles. The van der Waals surface area contributed by atoms with Gasteiger partial charge >= 0.3 is 39.5 Å². The number of phosphoric ester groups is 2. The molecule has 0 saturated heterocycles. The normalized spacial score (nSPS) is 14.0. The number of rotatable bonds is 81. The van der Waals surface area contributed by atoms with Gasteiger partial charge in [0.25, 0.3) is 0 Å². The molecular formula is C84H160O17P2. The largest absolute Gasteiger partial charge is 0.472 e. The van der Waals surface area contributed by atoms with Gasteiger partial charge in [0.15, 0.2) is 12.2 Å².